The first-order valence-corrected chi connectivity index (χ1v) is 14.6. The molecule has 3 heterocycles. The van der Waals surface area contributed by atoms with E-state index < -0.39 is 75.3 Å². The minimum Gasteiger partial charge on any atom is -0.476 e. The lowest BCUT2D eigenvalue weighted by Gasteiger charge is -2.32. The maximum absolute atomic E-state index is 16.2. The van der Waals surface area contributed by atoms with Crippen LogP contribution >= 0.6 is 7.82 Å². The molecule has 0 radical (unpaired) electrons. The van der Waals surface area contributed by atoms with Crippen molar-refractivity contribution in [3.8, 4) is 5.88 Å². The Morgan fingerprint density at radius 1 is 1.11 bits per heavy atom. The zero-order valence-corrected chi connectivity index (χ0v) is 25.4. The van der Waals surface area contributed by atoms with Gasteiger partial charge in [0.2, 0.25) is 25.4 Å². The fraction of sp³-hybridized carbons (Fsp3) is 0.696. The number of nitrogen functional groups attached to an aromatic ring is 1. The fourth-order valence-corrected chi connectivity index (χ4v) is 5.45. The Labute approximate surface area is 249 Å². The van der Waals surface area contributed by atoms with Crippen LogP contribution in [-0.2, 0) is 41.8 Å². The average molecular weight is 654 g/mol. The summed E-state index contributed by atoms with van der Waals surface area (Å²) in [5, 5.41) is 22.7. The number of alkyl halides is 1. The molecule has 1 aliphatic heterocycles. The van der Waals surface area contributed by atoms with Crippen LogP contribution in [0.2, 0.25) is 0 Å². The number of phosphoric ester groups is 1. The molecule has 5 atom stereocenters. The van der Waals surface area contributed by atoms with Gasteiger partial charge >= 0.3 is 20.1 Å². The third kappa shape index (κ3) is 6.10. The fourth-order valence-electron chi connectivity index (χ4n) is 4.34. The topological polar surface area (TPSA) is 244 Å². The van der Waals surface area contributed by atoms with E-state index in [-0.39, 0.29) is 29.6 Å². The highest BCUT2D eigenvalue weighted by Crippen LogP contribution is 2.72. The van der Waals surface area contributed by atoms with Crippen molar-refractivity contribution in [3.63, 3.8) is 0 Å². The van der Waals surface area contributed by atoms with Crippen molar-refractivity contribution in [2.45, 2.75) is 83.1 Å². The summed E-state index contributed by atoms with van der Waals surface area (Å²) in [7, 11) is -5.06. The second-order valence-corrected chi connectivity index (χ2v) is 11.8. The molecule has 1 saturated heterocycles. The normalized spacial score (nSPS) is 27.8. The molecule has 2 aromatic heterocycles. The van der Waals surface area contributed by atoms with Crippen molar-refractivity contribution in [2.75, 3.05) is 25.9 Å². The van der Waals surface area contributed by atoms with E-state index in [0.29, 0.717) is 0 Å². The maximum atomic E-state index is 16.2. The molecule has 0 spiro atoms. The van der Waals surface area contributed by atoms with Gasteiger partial charge in [0.1, 0.15) is 5.60 Å². The second kappa shape index (κ2) is 12.2. The number of rotatable bonds is 13. The predicted octanol–water partition coefficient (Wildman–Crippen LogP) is 2.06. The van der Waals surface area contributed by atoms with Crippen molar-refractivity contribution in [2.24, 2.45) is 0 Å². The highest BCUT2D eigenvalue weighted by atomic mass is 31.2. The SMILES string of the molecule is CCOc1nc(N)nc2c1ncn2C1O[C@]2(F)C(OP(=O)(OCOC(=O)OC(C)C)OCOC(=O)OC(C)C)[C@]2(O)[C@@]1(C)O. The first-order chi connectivity index (χ1) is 20.5. The molecule has 4 rings (SSSR count). The number of nitrogens with zero attached hydrogens (tertiary/aromatic N) is 4. The van der Waals surface area contributed by atoms with Gasteiger partial charge in [0, 0.05) is 0 Å². The van der Waals surface area contributed by atoms with E-state index in [1.165, 1.54) is 27.7 Å². The molecular weight excluding hydrogens is 620 g/mol. The Bertz CT molecular complexity index is 1410. The molecule has 2 aliphatic rings. The Morgan fingerprint density at radius 3 is 2.16 bits per heavy atom. The maximum Gasteiger partial charge on any atom is 0.510 e. The van der Waals surface area contributed by atoms with E-state index in [9.17, 15) is 24.4 Å². The van der Waals surface area contributed by atoms with Gasteiger partial charge in [0.25, 0.3) is 5.85 Å². The van der Waals surface area contributed by atoms with Crippen LogP contribution in [-0.4, -0.2) is 97.6 Å². The minimum atomic E-state index is -5.06. The van der Waals surface area contributed by atoms with Crippen LogP contribution in [0.25, 0.3) is 11.2 Å². The first-order valence-electron chi connectivity index (χ1n) is 13.2. The van der Waals surface area contributed by atoms with Crippen molar-refractivity contribution in [3.05, 3.63) is 6.33 Å². The van der Waals surface area contributed by atoms with Crippen molar-refractivity contribution < 1.29 is 70.8 Å². The van der Waals surface area contributed by atoms with Gasteiger partial charge in [0.05, 0.1) is 25.1 Å². The average Bonchev–Trinajstić information content (AvgIpc) is 3.14. The lowest BCUT2D eigenvalue weighted by Crippen LogP contribution is -2.48. The summed E-state index contributed by atoms with van der Waals surface area (Å²) in [6, 6.07) is 0. The summed E-state index contributed by atoms with van der Waals surface area (Å²) in [4.78, 5) is 35.5. The van der Waals surface area contributed by atoms with Crippen LogP contribution in [0, 0.1) is 0 Å². The van der Waals surface area contributed by atoms with Gasteiger partial charge in [-0.3, -0.25) is 9.09 Å². The molecule has 2 fully saturated rings. The van der Waals surface area contributed by atoms with Crippen LogP contribution in [0.3, 0.4) is 0 Å². The standard InChI is InChI=1S/C23H33FN5O14P/c1-7-35-15-13-14(27-18(25)28-15)29(8-26-13)17-21(6,32)22(33)16(23(22,24)42-17)43-44(34,38-9-36-19(30)40-11(2)3)39-10-37-20(31)41-12(4)5/h8,11-12,16-17,32-33H,7,9-10H2,1-6H3,(H2,25,27,28)/t16?,17?,21-,22-,23+/m0/s1. The molecule has 1 saturated carbocycles. The molecule has 2 aromatic rings. The quantitative estimate of drug-likeness (QED) is 0.159. The number of carbonyl (C=O) groups excluding carboxylic acids is 2. The largest absolute Gasteiger partial charge is 0.510 e. The van der Waals surface area contributed by atoms with Crippen LogP contribution in [0.15, 0.2) is 6.33 Å². The van der Waals surface area contributed by atoms with Gasteiger partial charge in [-0.15, -0.1) is 0 Å². The monoisotopic (exact) mass is 653 g/mol. The molecule has 1 aliphatic carbocycles. The molecule has 44 heavy (non-hydrogen) atoms. The number of carbonyl (C=O) groups is 2. The number of hydrogen-bond donors (Lipinski definition) is 3. The van der Waals surface area contributed by atoms with E-state index in [4.69, 9.17) is 38.3 Å². The summed E-state index contributed by atoms with van der Waals surface area (Å²) in [6.45, 7) is 6.85. The molecule has 21 heteroatoms. The van der Waals surface area contributed by atoms with E-state index in [2.05, 4.69) is 24.4 Å². The molecular formula is C23H33FN5O14P. The van der Waals surface area contributed by atoms with Crippen molar-refractivity contribution in [1.29, 1.82) is 0 Å². The number of phosphoric acid groups is 1. The van der Waals surface area contributed by atoms with E-state index in [1.807, 2.05) is 0 Å². The van der Waals surface area contributed by atoms with Gasteiger partial charge in [0.15, 0.2) is 29.1 Å². The van der Waals surface area contributed by atoms with Gasteiger partial charge in [-0.25, -0.2) is 32.6 Å². The zero-order chi connectivity index (χ0) is 32.7. The zero-order valence-electron chi connectivity index (χ0n) is 24.5. The molecule has 2 unspecified atom stereocenters. The molecule has 0 bridgehead atoms. The Kier molecular flexibility index (Phi) is 9.28. The summed E-state index contributed by atoms with van der Waals surface area (Å²) in [5.41, 5.74) is 0.435. The Morgan fingerprint density at radius 2 is 1.68 bits per heavy atom. The molecule has 246 valence electrons. The lowest BCUT2D eigenvalue weighted by atomic mass is 9.95. The van der Waals surface area contributed by atoms with Gasteiger partial charge in [-0.1, -0.05) is 0 Å². The highest BCUT2D eigenvalue weighted by molar-refractivity contribution is 7.48. The number of aromatic nitrogens is 4. The van der Waals surface area contributed by atoms with Gasteiger partial charge < -0.3 is 44.4 Å². The number of halogens is 1. The number of fused-ring (bicyclic) bond motifs is 2. The van der Waals surface area contributed by atoms with Crippen LogP contribution in [0.1, 0.15) is 47.8 Å². The van der Waals surface area contributed by atoms with Crippen molar-refractivity contribution in [1.82, 2.24) is 19.5 Å². The second-order valence-electron chi connectivity index (χ2n) is 10.2. The summed E-state index contributed by atoms with van der Waals surface area (Å²) < 4.78 is 75.2. The summed E-state index contributed by atoms with van der Waals surface area (Å²) >= 11 is 0. The first kappa shape index (κ1) is 33.5. The molecule has 0 aromatic carbocycles. The van der Waals surface area contributed by atoms with Crippen LogP contribution < -0.4 is 10.5 Å². The van der Waals surface area contributed by atoms with Gasteiger partial charge in [-0.05, 0) is 41.5 Å². The van der Waals surface area contributed by atoms with Crippen LogP contribution in [0.4, 0.5) is 19.9 Å². The van der Waals surface area contributed by atoms with Crippen molar-refractivity contribution >= 4 is 37.2 Å². The van der Waals surface area contributed by atoms with E-state index >= 15 is 4.39 Å². The third-order valence-corrected chi connectivity index (χ3v) is 7.61. The van der Waals surface area contributed by atoms with E-state index in [1.54, 1.807) is 6.92 Å². The number of aliphatic hydroxyl groups is 2. The Hall–Kier alpha value is -3.39. The summed E-state index contributed by atoms with van der Waals surface area (Å²) in [5.74, 6) is -3.42. The smallest absolute Gasteiger partial charge is 0.476 e. The number of anilines is 1. The number of hydrogen-bond acceptors (Lipinski definition) is 18. The number of imidazole rings is 1. The minimum absolute atomic E-state index is 0.0145. The molecule has 0 amide bonds. The Balaban J connectivity index is 1.54. The van der Waals surface area contributed by atoms with E-state index in [0.717, 1.165) is 17.8 Å². The van der Waals surface area contributed by atoms with Gasteiger partial charge in [-0.2, -0.15) is 9.97 Å². The highest BCUT2D eigenvalue weighted by Gasteiger charge is 2.95. The number of nitrogens with two attached hydrogens (primary N) is 1. The third-order valence-electron chi connectivity index (χ3n) is 6.30. The lowest BCUT2D eigenvalue weighted by molar-refractivity contribution is -0.181. The predicted molar refractivity (Wildman–Crippen MR) is 140 cm³/mol. The number of ether oxygens (including phenoxy) is 6. The molecule has 19 nitrogen and oxygen atoms in total. The van der Waals surface area contributed by atoms with Crippen LogP contribution in [0.5, 0.6) is 5.88 Å². The molecule has 4 N–H and O–H groups in total. The summed E-state index contributed by atoms with van der Waals surface area (Å²) in [6.07, 6.45) is -6.32.